The van der Waals surface area contributed by atoms with E-state index in [0.29, 0.717) is 0 Å². The molecule has 86 valence electrons. The van der Waals surface area contributed by atoms with E-state index >= 15 is 0 Å². The number of fused-ring (bicyclic) bond motifs is 1. The maximum atomic E-state index is 5.63. The van der Waals surface area contributed by atoms with Gasteiger partial charge in [-0.3, -0.25) is 9.97 Å². The lowest BCUT2D eigenvalue weighted by Gasteiger charge is -2.02. The molecule has 7 heteroatoms. The van der Waals surface area contributed by atoms with Crippen LogP contribution < -0.4 is 11.1 Å². The van der Waals surface area contributed by atoms with Gasteiger partial charge in [-0.25, -0.2) is 0 Å². The highest BCUT2D eigenvalue weighted by Crippen LogP contribution is 2.30. The molecular formula is C10H10N6S. The predicted molar refractivity (Wildman–Crippen MR) is 67.6 cm³/mol. The minimum atomic E-state index is 0.228. The Kier molecular flexibility index (Phi) is 2.25. The summed E-state index contributed by atoms with van der Waals surface area (Å²) in [7, 11) is 0. The van der Waals surface area contributed by atoms with Crippen LogP contribution in [0.5, 0.6) is 0 Å². The van der Waals surface area contributed by atoms with Gasteiger partial charge in [-0.2, -0.15) is 9.78 Å². The first kappa shape index (κ1) is 10.2. The Morgan fingerprint density at radius 2 is 2.35 bits per heavy atom. The van der Waals surface area contributed by atoms with Crippen molar-refractivity contribution >= 4 is 23.1 Å². The van der Waals surface area contributed by atoms with Crippen molar-refractivity contribution in [3.05, 3.63) is 24.2 Å². The van der Waals surface area contributed by atoms with Crippen LogP contribution in [0.15, 0.2) is 18.6 Å². The van der Waals surface area contributed by atoms with E-state index in [-0.39, 0.29) is 5.11 Å². The Labute approximate surface area is 103 Å². The van der Waals surface area contributed by atoms with E-state index in [4.69, 9.17) is 18.0 Å². The van der Waals surface area contributed by atoms with Crippen molar-refractivity contribution in [3.8, 4) is 11.4 Å². The zero-order valence-corrected chi connectivity index (χ0v) is 9.74. The van der Waals surface area contributed by atoms with Crippen molar-refractivity contribution in [3.63, 3.8) is 0 Å². The normalized spacial score (nSPS) is 13.2. The fraction of sp³-hybridized carbons (Fsp3) is 0.200. The second-order valence-electron chi connectivity index (χ2n) is 3.69. The minimum Gasteiger partial charge on any atom is -0.374 e. The number of hydrogen-bond donors (Lipinski definition) is 2. The van der Waals surface area contributed by atoms with Crippen LogP contribution in [-0.2, 0) is 6.42 Å². The van der Waals surface area contributed by atoms with Gasteiger partial charge < -0.3 is 11.1 Å². The van der Waals surface area contributed by atoms with E-state index in [0.717, 1.165) is 35.7 Å². The molecule has 0 saturated heterocycles. The van der Waals surface area contributed by atoms with Gasteiger partial charge in [0.1, 0.15) is 17.2 Å². The van der Waals surface area contributed by atoms with Crippen molar-refractivity contribution in [2.45, 2.75) is 6.42 Å². The van der Waals surface area contributed by atoms with E-state index in [1.165, 1.54) is 0 Å². The highest BCUT2D eigenvalue weighted by Gasteiger charge is 2.24. The highest BCUT2D eigenvalue weighted by molar-refractivity contribution is 7.80. The summed E-state index contributed by atoms with van der Waals surface area (Å²) in [5, 5.41) is 7.84. The lowest BCUT2D eigenvalue weighted by molar-refractivity contribution is 0.930. The largest absolute Gasteiger partial charge is 0.374 e. The summed E-state index contributed by atoms with van der Waals surface area (Å²) in [6.07, 6.45) is 5.85. The van der Waals surface area contributed by atoms with Gasteiger partial charge in [-0.05, 0) is 18.6 Å². The minimum absolute atomic E-state index is 0.228. The molecule has 3 N–H and O–H groups in total. The summed E-state index contributed by atoms with van der Waals surface area (Å²) in [6, 6.07) is 0. The number of aromatic nitrogens is 4. The van der Waals surface area contributed by atoms with Crippen molar-refractivity contribution < 1.29 is 0 Å². The van der Waals surface area contributed by atoms with Gasteiger partial charge in [0, 0.05) is 24.5 Å². The number of nitrogens with zero attached hydrogens (tertiary/aromatic N) is 4. The molecular weight excluding hydrogens is 236 g/mol. The molecule has 2 aromatic heterocycles. The average molecular weight is 246 g/mol. The molecule has 17 heavy (non-hydrogen) atoms. The monoisotopic (exact) mass is 246 g/mol. The Balaban J connectivity index is 2.19. The maximum absolute atomic E-state index is 5.63. The topological polar surface area (TPSA) is 81.7 Å². The Hall–Kier alpha value is -2.02. The average Bonchev–Trinajstić information content (AvgIpc) is 2.90. The van der Waals surface area contributed by atoms with Crippen LogP contribution in [0, 0.1) is 0 Å². The van der Waals surface area contributed by atoms with Crippen LogP contribution in [0.2, 0.25) is 0 Å². The van der Waals surface area contributed by atoms with Gasteiger partial charge >= 0.3 is 0 Å². The Bertz CT molecular complexity index is 576. The second kappa shape index (κ2) is 3.77. The molecule has 2 aromatic rings. The first-order valence-electron chi connectivity index (χ1n) is 5.19. The van der Waals surface area contributed by atoms with E-state index in [2.05, 4.69) is 20.4 Å². The summed E-state index contributed by atoms with van der Waals surface area (Å²) in [5.74, 6) is 0.873. The molecule has 0 aromatic carbocycles. The SMILES string of the molecule is NC(=S)n1nc(-c2cnccn2)c2c1NCC2. The summed E-state index contributed by atoms with van der Waals surface area (Å²) in [5.41, 5.74) is 8.27. The van der Waals surface area contributed by atoms with E-state index in [9.17, 15) is 0 Å². The third-order valence-corrected chi connectivity index (χ3v) is 2.84. The molecule has 3 rings (SSSR count). The zero-order chi connectivity index (χ0) is 11.8. The third-order valence-electron chi connectivity index (χ3n) is 2.67. The Morgan fingerprint density at radius 3 is 3.06 bits per heavy atom. The van der Waals surface area contributed by atoms with Crippen molar-refractivity contribution in [2.75, 3.05) is 11.9 Å². The van der Waals surface area contributed by atoms with Gasteiger partial charge in [0.05, 0.1) is 6.20 Å². The molecule has 0 unspecified atom stereocenters. The molecule has 0 radical (unpaired) electrons. The Morgan fingerprint density at radius 1 is 1.47 bits per heavy atom. The quantitative estimate of drug-likeness (QED) is 0.709. The second-order valence-corrected chi connectivity index (χ2v) is 4.11. The summed E-state index contributed by atoms with van der Waals surface area (Å²) in [4.78, 5) is 8.29. The first-order valence-corrected chi connectivity index (χ1v) is 5.60. The maximum Gasteiger partial charge on any atom is 0.193 e. The van der Waals surface area contributed by atoms with Crippen LogP contribution in [0.4, 0.5) is 5.82 Å². The van der Waals surface area contributed by atoms with Gasteiger partial charge in [0.25, 0.3) is 0 Å². The van der Waals surface area contributed by atoms with E-state index < -0.39 is 0 Å². The van der Waals surface area contributed by atoms with E-state index in [1.54, 1.807) is 23.3 Å². The molecule has 1 aliphatic heterocycles. The smallest absolute Gasteiger partial charge is 0.193 e. The summed E-state index contributed by atoms with van der Waals surface area (Å²) >= 11 is 4.97. The molecule has 0 atom stereocenters. The van der Waals surface area contributed by atoms with Crippen LogP contribution >= 0.6 is 12.2 Å². The number of rotatable bonds is 1. The lowest BCUT2D eigenvalue weighted by atomic mass is 10.1. The molecule has 0 saturated carbocycles. The fourth-order valence-corrected chi connectivity index (χ4v) is 2.09. The van der Waals surface area contributed by atoms with Crippen molar-refractivity contribution in [1.29, 1.82) is 0 Å². The molecule has 0 amide bonds. The molecule has 0 fully saturated rings. The zero-order valence-electron chi connectivity index (χ0n) is 8.92. The summed E-state index contributed by atoms with van der Waals surface area (Å²) < 4.78 is 1.54. The van der Waals surface area contributed by atoms with Gasteiger partial charge in [0.2, 0.25) is 0 Å². The fourth-order valence-electron chi connectivity index (χ4n) is 1.96. The van der Waals surface area contributed by atoms with Crippen LogP contribution in [0.25, 0.3) is 11.4 Å². The van der Waals surface area contributed by atoms with Crippen LogP contribution in [0.3, 0.4) is 0 Å². The molecule has 0 spiro atoms. The summed E-state index contributed by atoms with van der Waals surface area (Å²) in [6.45, 7) is 0.864. The van der Waals surface area contributed by atoms with Crippen molar-refractivity contribution in [2.24, 2.45) is 5.73 Å². The third kappa shape index (κ3) is 1.55. The van der Waals surface area contributed by atoms with Crippen molar-refractivity contribution in [1.82, 2.24) is 19.7 Å². The van der Waals surface area contributed by atoms with Gasteiger partial charge in [0.15, 0.2) is 5.11 Å². The standard InChI is InChI=1S/C10H10N6S/c11-10(17)16-9-6(1-2-14-9)8(15-16)7-5-12-3-4-13-7/h3-5,14H,1-2H2,(H2,11,17). The first-order chi connectivity index (χ1) is 8.27. The predicted octanol–water partition coefficient (Wildman–Crippen LogP) is 0.400. The molecule has 1 aliphatic rings. The highest BCUT2D eigenvalue weighted by atomic mass is 32.1. The number of nitrogens with two attached hydrogens (primary N) is 1. The molecule has 3 heterocycles. The van der Waals surface area contributed by atoms with Gasteiger partial charge in [-0.15, -0.1) is 0 Å². The van der Waals surface area contributed by atoms with E-state index in [1.807, 2.05) is 0 Å². The number of nitrogens with one attached hydrogen (secondary N) is 1. The number of thiocarbonyl (C=S) groups is 1. The van der Waals surface area contributed by atoms with Gasteiger partial charge in [-0.1, -0.05) is 0 Å². The number of anilines is 1. The lowest BCUT2D eigenvalue weighted by Crippen LogP contribution is -2.22. The molecule has 0 bridgehead atoms. The molecule has 0 aliphatic carbocycles. The van der Waals surface area contributed by atoms with Crippen LogP contribution in [-0.4, -0.2) is 31.4 Å². The van der Waals surface area contributed by atoms with Crippen LogP contribution in [0.1, 0.15) is 5.56 Å². The number of hydrogen-bond acceptors (Lipinski definition) is 5. The molecule has 6 nitrogen and oxygen atoms in total.